The number of amides is 3. The average Bonchev–Trinajstić information content (AvgIpc) is 3.56. The molecule has 2 aliphatic heterocycles. The van der Waals surface area contributed by atoms with Crippen molar-refractivity contribution in [3.63, 3.8) is 0 Å². The van der Waals surface area contributed by atoms with Gasteiger partial charge < -0.3 is 24.4 Å². The van der Waals surface area contributed by atoms with Crippen molar-refractivity contribution in [3.05, 3.63) is 138 Å². The molecule has 3 amide bonds. The Morgan fingerprint density at radius 1 is 0.723 bits per heavy atom. The molecule has 0 saturated carbocycles. The SMILES string of the molecule is CCCN1C(=O)[C@H](OCc2ccccc2)[C@H](OCc2ccccc2)[C@H](OCc2ccccc2)[C@H]1CNC(=O)N1CCc2ccccc21. The quantitative estimate of drug-likeness (QED) is 0.192. The summed E-state index contributed by atoms with van der Waals surface area (Å²) in [6.07, 6.45) is -0.662. The number of nitrogens with one attached hydrogen (secondary N) is 1. The first-order valence-electron chi connectivity index (χ1n) is 16.5. The van der Waals surface area contributed by atoms with E-state index in [9.17, 15) is 9.59 Å². The summed E-state index contributed by atoms with van der Waals surface area (Å²) in [6, 6.07) is 37.0. The number of hydrogen-bond acceptors (Lipinski definition) is 5. The molecule has 0 unspecified atom stereocenters. The lowest BCUT2D eigenvalue weighted by atomic mass is 9.91. The number of ether oxygens (including phenoxy) is 3. The van der Waals surface area contributed by atoms with Crippen molar-refractivity contribution in [2.45, 2.75) is 63.9 Å². The third-order valence-electron chi connectivity index (χ3n) is 8.83. The summed E-state index contributed by atoms with van der Waals surface area (Å²) in [5.74, 6) is -0.161. The maximum atomic E-state index is 14.4. The zero-order chi connectivity index (χ0) is 32.4. The van der Waals surface area contributed by atoms with Crippen molar-refractivity contribution in [2.24, 2.45) is 0 Å². The highest BCUT2D eigenvalue weighted by atomic mass is 16.6. The van der Waals surface area contributed by atoms with Crippen molar-refractivity contribution in [1.29, 1.82) is 0 Å². The number of carbonyl (C=O) groups excluding carboxylic acids is 2. The lowest BCUT2D eigenvalue weighted by molar-refractivity contribution is -0.208. The number of carbonyl (C=O) groups is 2. The Balaban J connectivity index is 1.30. The second-order valence-electron chi connectivity index (χ2n) is 12.1. The Kier molecular flexibility index (Phi) is 11.0. The van der Waals surface area contributed by atoms with Crippen LogP contribution < -0.4 is 10.2 Å². The molecule has 0 aromatic heterocycles. The van der Waals surface area contributed by atoms with Crippen molar-refractivity contribution >= 4 is 17.6 Å². The Morgan fingerprint density at radius 2 is 1.26 bits per heavy atom. The Morgan fingerprint density at radius 3 is 1.85 bits per heavy atom. The molecule has 2 heterocycles. The molecular formula is C39H43N3O5. The van der Waals surface area contributed by atoms with Crippen LogP contribution in [0.5, 0.6) is 0 Å². The smallest absolute Gasteiger partial charge is 0.321 e. The van der Waals surface area contributed by atoms with Gasteiger partial charge in [0.15, 0.2) is 6.10 Å². The molecule has 8 heteroatoms. The summed E-state index contributed by atoms with van der Waals surface area (Å²) in [6.45, 7) is 4.21. The lowest BCUT2D eigenvalue weighted by Gasteiger charge is -2.48. The van der Waals surface area contributed by atoms with E-state index in [1.54, 1.807) is 4.90 Å². The van der Waals surface area contributed by atoms with Gasteiger partial charge in [-0.2, -0.15) is 0 Å². The van der Waals surface area contributed by atoms with Crippen molar-refractivity contribution in [2.75, 3.05) is 24.5 Å². The van der Waals surface area contributed by atoms with E-state index in [-0.39, 0.29) is 31.7 Å². The van der Waals surface area contributed by atoms with E-state index in [1.165, 1.54) is 0 Å². The highest BCUT2D eigenvalue weighted by Gasteiger charge is 2.51. The zero-order valence-corrected chi connectivity index (χ0v) is 26.9. The van der Waals surface area contributed by atoms with Crippen LogP contribution in [0.3, 0.4) is 0 Å². The van der Waals surface area contributed by atoms with E-state index in [1.807, 2.05) is 121 Å². The van der Waals surface area contributed by atoms with Gasteiger partial charge in [-0.3, -0.25) is 9.69 Å². The minimum absolute atomic E-state index is 0.161. The highest BCUT2D eigenvalue weighted by Crippen LogP contribution is 2.31. The van der Waals surface area contributed by atoms with E-state index in [4.69, 9.17) is 14.2 Å². The van der Waals surface area contributed by atoms with E-state index in [0.29, 0.717) is 19.7 Å². The van der Waals surface area contributed by atoms with Gasteiger partial charge in [0.25, 0.3) is 5.91 Å². The van der Waals surface area contributed by atoms with Crippen LogP contribution >= 0.6 is 0 Å². The molecule has 47 heavy (non-hydrogen) atoms. The molecule has 2 aliphatic rings. The second kappa shape index (κ2) is 15.9. The minimum Gasteiger partial charge on any atom is -0.368 e. The van der Waals surface area contributed by atoms with E-state index >= 15 is 0 Å². The summed E-state index contributed by atoms with van der Waals surface area (Å²) in [4.78, 5) is 31.6. The largest absolute Gasteiger partial charge is 0.368 e. The van der Waals surface area contributed by atoms with E-state index in [2.05, 4.69) is 11.4 Å². The fourth-order valence-electron chi connectivity index (χ4n) is 6.46. The summed E-state index contributed by atoms with van der Waals surface area (Å²) in [5, 5.41) is 3.16. The summed E-state index contributed by atoms with van der Waals surface area (Å²) in [5.41, 5.74) is 5.03. The molecule has 244 valence electrons. The summed E-state index contributed by atoms with van der Waals surface area (Å²) < 4.78 is 19.8. The van der Waals surface area contributed by atoms with E-state index < -0.39 is 24.4 Å². The van der Waals surface area contributed by atoms with Gasteiger partial charge in [0, 0.05) is 25.3 Å². The number of rotatable bonds is 13. The number of urea groups is 1. The van der Waals surface area contributed by atoms with Gasteiger partial charge in [-0.05, 0) is 41.2 Å². The molecule has 4 atom stereocenters. The first-order chi connectivity index (χ1) is 23.1. The number of anilines is 1. The van der Waals surface area contributed by atoms with Crippen LogP contribution in [0.15, 0.2) is 115 Å². The lowest BCUT2D eigenvalue weighted by Crippen LogP contribution is -2.68. The molecule has 0 bridgehead atoms. The maximum absolute atomic E-state index is 14.4. The molecule has 4 aromatic carbocycles. The summed E-state index contributed by atoms with van der Waals surface area (Å²) in [7, 11) is 0. The van der Waals surface area contributed by atoms with Crippen LogP contribution in [-0.4, -0.2) is 60.8 Å². The molecule has 1 fully saturated rings. The van der Waals surface area contributed by atoms with Gasteiger partial charge >= 0.3 is 6.03 Å². The normalized spacial score (nSPS) is 20.7. The van der Waals surface area contributed by atoms with Crippen molar-refractivity contribution in [3.8, 4) is 0 Å². The third-order valence-corrected chi connectivity index (χ3v) is 8.83. The van der Waals surface area contributed by atoms with Crippen molar-refractivity contribution in [1.82, 2.24) is 10.2 Å². The number of likely N-dealkylation sites (tertiary alicyclic amines) is 1. The van der Waals surface area contributed by atoms with Gasteiger partial charge in [-0.25, -0.2) is 4.79 Å². The molecule has 1 N–H and O–H groups in total. The maximum Gasteiger partial charge on any atom is 0.321 e. The number of nitrogens with zero attached hydrogens (tertiary/aromatic N) is 2. The molecule has 4 aromatic rings. The van der Waals surface area contributed by atoms with E-state index in [0.717, 1.165) is 40.8 Å². The predicted octanol–water partition coefficient (Wildman–Crippen LogP) is 6.14. The zero-order valence-electron chi connectivity index (χ0n) is 26.9. The van der Waals surface area contributed by atoms with Crippen molar-refractivity contribution < 1.29 is 23.8 Å². The van der Waals surface area contributed by atoms with Gasteiger partial charge in [-0.1, -0.05) is 116 Å². The van der Waals surface area contributed by atoms with Gasteiger partial charge in [0.2, 0.25) is 0 Å². The number of para-hydroxylation sites is 1. The van der Waals surface area contributed by atoms with Crippen LogP contribution in [0.25, 0.3) is 0 Å². The van der Waals surface area contributed by atoms with Gasteiger partial charge in [0.1, 0.15) is 12.2 Å². The Hall–Kier alpha value is -4.50. The van der Waals surface area contributed by atoms with Crippen LogP contribution in [0.4, 0.5) is 10.5 Å². The fourth-order valence-corrected chi connectivity index (χ4v) is 6.46. The highest BCUT2D eigenvalue weighted by molar-refractivity contribution is 5.94. The number of hydrogen-bond donors (Lipinski definition) is 1. The Labute approximate surface area is 277 Å². The molecule has 0 aliphatic carbocycles. The van der Waals surface area contributed by atoms with Crippen LogP contribution in [-0.2, 0) is 45.2 Å². The summed E-state index contributed by atoms with van der Waals surface area (Å²) >= 11 is 0. The Bertz CT molecular complexity index is 1590. The van der Waals surface area contributed by atoms with Crippen LogP contribution in [0.1, 0.15) is 35.6 Å². The number of fused-ring (bicyclic) bond motifs is 1. The first kappa shape index (κ1) is 32.4. The van der Waals surface area contributed by atoms with Crippen LogP contribution in [0.2, 0.25) is 0 Å². The first-order valence-corrected chi connectivity index (χ1v) is 16.5. The molecule has 8 nitrogen and oxygen atoms in total. The van der Waals surface area contributed by atoms with Crippen LogP contribution in [0, 0.1) is 0 Å². The van der Waals surface area contributed by atoms with Gasteiger partial charge in [-0.15, -0.1) is 0 Å². The second-order valence-corrected chi connectivity index (χ2v) is 12.1. The topological polar surface area (TPSA) is 80.3 Å². The molecule has 1 saturated heterocycles. The molecular weight excluding hydrogens is 590 g/mol. The third kappa shape index (κ3) is 7.91. The average molecular weight is 634 g/mol. The number of benzene rings is 4. The molecule has 0 radical (unpaired) electrons. The van der Waals surface area contributed by atoms with Gasteiger partial charge in [0.05, 0.1) is 25.9 Å². The minimum atomic E-state index is -0.899. The molecule has 6 rings (SSSR count). The predicted molar refractivity (Wildman–Crippen MR) is 182 cm³/mol. The monoisotopic (exact) mass is 633 g/mol. The molecule has 0 spiro atoms. The number of piperidine rings is 1. The standard InChI is InChI=1S/C39H43N3O5/c1-2-23-41-34(25-40-39(44)42-24-22-32-20-12-13-21-33(32)42)35(45-26-29-14-6-3-7-15-29)36(46-27-30-16-8-4-9-17-30)37(38(41)43)47-28-31-18-10-5-11-19-31/h3-21,34-37H,2,22-28H2,1H3,(H,40,44)/t34-,35-,36-,37-/m1/s1. The fraction of sp³-hybridized carbons (Fsp3) is 0.333.